The van der Waals surface area contributed by atoms with Gasteiger partial charge in [-0.25, -0.2) is 9.50 Å². The van der Waals surface area contributed by atoms with Crippen LogP contribution in [-0.2, 0) is 6.42 Å². The van der Waals surface area contributed by atoms with E-state index in [4.69, 9.17) is 5.26 Å². The highest BCUT2D eigenvalue weighted by Crippen LogP contribution is 2.22. The largest absolute Gasteiger partial charge is 0.506 e. The van der Waals surface area contributed by atoms with Crippen LogP contribution in [0.1, 0.15) is 56.1 Å². The maximum Gasteiger partial charge on any atom is 0.159 e. The first-order valence-corrected chi connectivity index (χ1v) is 7.15. The highest BCUT2D eigenvalue weighted by Gasteiger charge is 2.12. The van der Waals surface area contributed by atoms with E-state index in [0.717, 1.165) is 18.7 Å². The highest BCUT2D eigenvalue weighted by molar-refractivity contribution is 5.54. The van der Waals surface area contributed by atoms with Gasteiger partial charge in [-0.1, -0.05) is 32.6 Å². The number of aromatic nitrogens is 3. The van der Waals surface area contributed by atoms with Crippen LogP contribution < -0.4 is 0 Å². The molecule has 0 fully saturated rings. The van der Waals surface area contributed by atoms with Crippen molar-refractivity contribution in [1.82, 2.24) is 14.6 Å². The van der Waals surface area contributed by atoms with Crippen molar-refractivity contribution in [1.29, 1.82) is 5.26 Å². The Morgan fingerprint density at radius 3 is 2.75 bits per heavy atom. The standard InChI is InChI=1S/C15H20N4O/c1-3-4-5-6-7-8-14-17-15-9-13(20)12(10-16)11(2)19(15)18-14/h9,20H,3-8H2,1-2H3. The molecule has 5 nitrogen and oxygen atoms in total. The van der Waals surface area contributed by atoms with Gasteiger partial charge in [0, 0.05) is 12.5 Å². The zero-order valence-electron chi connectivity index (χ0n) is 12.1. The lowest BCUT2D eigenvalue weighted by Crippen LogP contribution is -1.98. The molecule has 5 heteroatoms. The average molecular weight is 272 g/mol. The topological polar surface area (TPSA) is 74.2 Å². The molecule has 0 aliphatic heterocycles. The maximum absolute atomic E-state index is 9.77. The minimum atomic E-state index is -0.0283. The molecule has 0 atom stereocenters. The van der Waals surface area contributed by atoms with Gasteiger partial charge in [0.05, 0.1) is 5.69 Å². The predicted octanol–water partition coefficient (Wildman–Crippen LogP) is 3.13. The second-order valence-corrected chi connectivity index (χ2v) is 5.06. The molecule has 0 aliphatic carbocycles. The van der Waals surface area contributed by atoms with Gasteiger partial charge in [0.15, 0.2) is 11.5 Å². The summed E-state index contributed by atoms with van der Waals surface area (Å²) in [7, 11) is 0. The molecule has 0 radical (unpaired) electrons. The van der Waals surface area contributed by atoms with Crippen LogP contribution in [0.3, 0.4) is 0 Å². The molecule has 0 amide bonds. The van der Waals surface area contributed by atoms with Crippen molar-refractivity contribution in [3.05, 3.63) is 23.1 Å². The number of nitrogens with zero attached hydrogens (tertiary/aromatic N) is 4. The molecule has 0 bridgehead atoms. The number of aromatic hydroxyl groups is 1. The van der Waals surface area contributed by atoms with Crippen LogP contribution in [0.25, 0.3) is 5.65 Å². The smallest absolute Gasteiger partial charge is 0.159 e. The quantitative estimate of drug-likeness (QED) is 0.820. The SMILES string of the molecule is CCCCCCCc1nc2cc(O)c(C#N)c(C)n2n1. The third kappa shape index (κ3) is 2.90. The summed E-state index contributed by atoms with van der Waals surface area (Å²) in [6.07, 6.45) is 6.87. The molecule has 0 aromatic carbocycles. The Bertz CT molecular complexity index is 639. The molecule has 2 rings (SSSR count). The summed E-state index contributed by atoms with van der Waals surface area (Å²) in [5, 5.41) is 23.2. The van der Waals surface area contributed by atoms with Crippen molar-refractivity contribution < 1.29 is 5.11 Å². The lowest BCUT2D eigenvalue weighted by Gasteiger charge is -2.02. The Hall–Kier alpha value is -2.09. The highest BCUT2D eigenvalue weighted by atomic mass is 16.3. The summed E-state index contributed by atoms with van der Waals surface area (Å²) in [6.45, 7) is 3.97. The molecule has 0 unspecified atom stereocenters. The van der Waals surface area contributed by atoms with E-state index in [1.165, 1.54) is 31.7 Å². The van der Waals surface area contributed by atoms with E-state index in [2.05, 4.69) is 17.0 Å². The van der Waals surface area contributed by atoms with Gasteiger partial charge in [-0.15, -0.1) is 0 Å². The van der Waals surface area contributed by atoms with E-state index in [1.54, 1.807) is 11.4 Å². The fraction of sp³-hybridized carbons (Fsp3) is 0.533. The summed E-state index contributed by atoms with van der Waals surface area (Å²) >= 11 is 0. The van der Waals surface area contributed by atoms with Gasteiger partial charge in [0.25, 0.3) is 0 Å². The normalized spacial score (nSPS) is 10.8. The third-order valence-corrected chi connectivity index (χ3v) is 3.49. The Morgan fingerprint density at radius 1 is 1.30 bits per heavy atom. The van der Waals surface area contributed by atoms with Gasteiger partial charge >= 0.3 is 0 Å². The average Bonchev–Trinajstić information content (AvgIpc) is 2.82. The van der Waals surface area contributed by atoms with Gasteiger partial charge in [-0.05, 0) is 13.3 Å². The molecule has 106 valence electrons. The Balaban J connectivity index is 2.14. The van der Waals surface area contributed by atoms with Crippen molar-refractivity contribution in [2.75, 3.05) is 0 Å². The Morgan fingerprint density at radius 2 is 2.05 bits per heavy atom. The number of unbranched alkanes of at least 4 members (excludes halogenated alkanes) is 4. The van der Waals surface area contributed by atoms with Gasteiger partial charge in [-0.2, -0.15) is 10.4 Å². The van der Waals surface area contributed by atoms with E-state index in [9.17, 15) is 5.11 Å². The van der Waals surface area contributed by atoms with Crippen molar-refractivity contribution in [3.63, 3.8) is 0 Å². The third-order valence-electron chi connectivity index (χ3n) is 3.49. The summed E-state index contributed by atoms with van der Waals surface area (Å²) < 4.78 is 1.64. The van der Waals surface area contributed by atoms with Crippen molar-refractivity contribution in [2.24, 2.45) is 0 Å². The van der Waals surface area contributed by atoms with Crippen LogP contribution >= 0.6 is 0 Å². The van der Waals surface area contributed by atoms with E-state index in [0.29, 0.717) is 11.3 Å². The fourth-order valence-electron chi connectivity index (χ4n) is 2.33. The summed E-state index contributed by atoms with van der Waals surface area (Å²) in [6, 6.07) is 3.49. The summed E-state index contributed by atoms with van der Waals surface area (Å²) in [5.74, 6) is 0.749. The first-order valence-electron chi connectivity index (χ1n) is 7.15. The van der Waals surface area contributed by atoms with E-state index in [1.807, 2.05) is 6.07 Å². The van der Waals surface area contributed by atoms with Crippen molar-refractivity contribution in [3.8, 4) is 11.8 Å². The first-order chi connectivity index (χ1) is 9.67. The molecule has 1 N–H and O–H groups in total. The van der Waals surface area contributed by atoms with Crippen LogP contribution in [0.5, 0.6) is 5.75 Å². The van der Waals surface area contributed by atoms with Gasteiger partial charge in [-0.3, -0.25) is 0 Å². The van der Waals surface area contributed by atoms with E-state index < -0.39 is 0 Å². The van der Waals surface area contributed by atoms with E-state index in [-0.39, 0.29) is 11.3 Å². The van der Waals surface area contributed by atoms with Crippen LogP contribution in [0.2, 0.25) is 0 Å². The first kappa shape index (κ1) is 14.3. The Labute approximate surface area is 118 Å². The monoisotopic (exact) mass is 272 g/mol. The maximum atomic E-state index is 9.77. The number of fused-ring (bicyclic) bond motifs is 1. The number of rotatable bonds is 6. The lowest BCUT2D eigenvalue weighted by molar-refractivity contribution is 0.472. The van der Waals surface area contributed by atoms with Gasteiger partial charge in [0.2, 0.25) is 0 Å². The molecular weight excluding hydrogens is 252 g/mol. The zero-order valence-corrected chi connectivity index (χ0v) is 12.1. The molecule has 0 aliphatic rings. The molecule has 2 aromatic rings. The number of pyridine rings is 1. The van der Waals surface area contributed by atoms with Crippen LogP contribution in [0, 0.1) is 18.3 Å². The Kier molecular flexibility index (Phi) is 4.57. The van der Waals surface area contributed by atoms with Crippen LogP contribution in [0.4, 0.5) is 0 Å². The number of aryl methyl sites for hydroxylation is 2. The van der Waals surface area contributed by atoms with Gasteiger partial charge in [0.1, 0.15) is 17.4 Å². The molecular formula is C15H20N4O. The molecule has 0 saturated heterocycles. The minimum absolute atomic E-state index is 0.0283. The summed E-state index contributed by atoms with van der Waals surface area (Å²) in [4.78, 5) is 4.41. The predicted molar refractivity (Wildman–Crippen MR) is 76.6 cm³/mol. The molecule has 2 heterocycles. The molecule has 2 aromatic heterocycles. The van der Waals surface area contributed by atoms with Crippen LogP contribution in [0.15, 0.2) is 6.07 Å². The second-order valence-electron chi connectivity index (χ2n) is 5.06. The van der Waals surface area contributed by atoms with Crippen molar-refractivity contribution >= 4 is 5.65 Å². The molecule has 20 heavy (non-hydrogen) atoms. The van der Waals surface area contributed by atoms with Gasteiger partial charge < -0.3 is 5.11 Å². The zero-order chi connectivity index (χ0) is 14.5. The van der Waals surface area contributed by atoms with Crippen LogP contribution in [-0.4, -0.2) is 19.7 Å². The number of hydrogen-bond acceptors (Lipinski definition) is 4. The number of hydrogen-bond donors (Lipinski definition) is 1. The summed E-state index contributed by atoms with van der Waals surface area (Å²) in [5.41, 5.74) is 1.49. The fourth-order valence-corrected chi connectivity index (χ4v) is 2.33. The van der Waals surface area contributed by atoms with Crippen molar-refractivity contribution in [2.45, 2.75) is 52.4 Å². The molecule has 0 saturated carbocycles. The van der Waals surface area contributed by atoms with E-state index >= 15 is 0 Å². The number of nitriles is 1. The lowest BCUT2D eigenvalue weighted by atomic mass is 10.1. The second kappa shape index (κ2) is 6.38. The molecule has 0 spiro atoms. The minimum Gasteiger partial charge on any atom is -0.506 e.